The summed E-state index contributed by atoms with van der Waals surface area (Å²) >= 11 is 0. The molecule has 2 aliphatic heterocycles. The number of rotatable bonds is 13. The number of hydrogen-bond acceptors (Lipinski definition) is 9. The number of aromatic nitrogens is 1. The fourth-order valence-corrected chi connectivity index (χ4v) is 5.34. The number of aryl methyl sites for hydroxylation is 1. The first-order chi connectivity index (χ1) is 18.0. The van der Waals surface area contributed by atoms with Crippen molar-refractivity contribution in [2.45, 2.75) is 44.6 Å². The van der Waals surface area contributed by atoms with Crippen LogP contribution in [0.4, 0.5) is 0 Å². The van der Waals surface area contributed by atoms with E-state index in [1.807, 2.05) is 17.0 Å². The molecule has 3 unspecified atom stereocenters. The van der Waals surface area contributed by atoms with Crippen LogP contribution < -0.4 is 19.9 Å². The van der Waals surface area contributed by atoms with Crippen molar-refractivity contribution >= 4 is 11.9 Å². The van der Waals surface area contributed by atoms with Gasteiger partial charge in [0.25, 0.3) is 0 Å². The van der Waals surface area contributed by atoms with Gasteiger partial charge in [0, 0.05) is 44.6 Å². The molecule has 0 spiro atoms. The number of nitrogens with two attached hydrogens (primary N) is 1. The van der Waals surface area contributed by atoms with Crippen molar-refractivity contribution in [2.75, 3.05) is 46.6 Å². The lowest BCUT2D eigenvalue weighted by molar-refractivity contribution is -0.143. The average molecular weight is 517 g/mol. The summed E-state index contributed by atoms with van der Waals surface area (Å²) in [6.45, 7) is 4.14. The first-order valence-electron chi connectivity index (χ1n) is 12.8. The second-order valence-electron chi connectivity index (χ2n) is 9.41. The molecule has 202 valence electrons. The van der Waals surface area contributed by atoms with E-state index in [1.54, 1.807) is 11.1 Å². The zero-order chi connectivity index (χ0) is 26.4. The van der Waals surface area contributed by atoms with Gasteiger partial charge in [-0.2, -0.15) is 0 Å². The van der Waals surface area contributed by atoms with E-state index >= 15 is 0 Å². The second kappa shape index (κ2) is 12.3. The molecule has 0 aliphatic carbocycles. The average Bonchev–Trinajstić information content (AvgIpc) is 3.64. The number of ether oxygens (including phenoxy) is 3. The Bertz CT molecular complexity index is 1060. The largest absolute Gasteiger partial charge is 0.493 e. The summed E-state index contributed by atoms with van der Waals surface area (Å²) in [4.78, 5) is 34.0. The number of amides is 1. The number of oxazole rings is 1. The monoisotopic (exact) mass is 516 g/mol. The van der Waals surface area contributed by atoms with Crippen molar-refractivity contribution in [2.24, 2.45) is 11.7 Å². The molecule has 1 aromatic heterocycles. The van der Waals surface area contributed by atoms with Gasteiger partial charge >= 0.3 is 5.97 Å². The summed E-state index contributed by atoms with van der Waals surface area (Å²) in [5.74, 6) is -0.0415. The number of fused-ring (bicyclic) bond motifs is 1. The van der Waals surface area contributed by atoms with Crippen LogP contribution in [-0.4, -0.2) is 84.4 Å². The third kappa shape index (κ3) is 5.99. The molecule has 37 heavy (non-hydrogen) atoms. The fourth-order valence-electron chi connectivity index (χ4n) is 5.34. The van der Waals surface area contributed by atoms with Crippen molar-refractivity contribution in [3.05, 3.63) is 36.0 Å². The zero-order valence-electron chi connectivity index (χ0n) is 21.4. The Morgan fingerprint density at radius 1 is 1.30 bits per heavy atom. The zero-order valence-corrected chi connectivity index (χ0v) is 21.4. The van der Waals surface area contributed by atoms with E-state index in [9.17, 15) is 14.7 Å². The second-order valence-corrected chi connectivity index (χ2v) is 9.41. The minimum atomic E-state index is -0.918. The van der Waals surface area contributed by atoms with Crippen LogP contribution in [-0.2, 0) is 16.0 Å². The molecule has 1 aromatic carbocycles. The predicted octanol–water partition coefficient (Wildman–Crippen LogP) is 2.10. The van der Waals surface area contributed by atoms with E-state index in [4.69, 9.17) is 24.4 Å². The Hall–Kier alpha value is -3.31. The van der Waals surface area contributed by atoms with Crippen LogP contribution in [0.1, 0.15) is 43.6 Å². The predicted molar refractivity (Wildman–Crippen MR) is 134 cm³/mol. The number of carboxylic acid groups (broad SMARTS) is 1. The quantitative estimate of drug-likeness (QED) is 0.407. The number of hydrogen-bond donors (Lipinski definition) is 2. The van der Waals surface area contributed by atoms with Gasteiger partial charge in [-0.15, -0.1) is 0 Å². The standard InChI is InChI=1S/C26H36N4O7/c1-3-4-9-29(10-7-27)23(31)15-30-14-18(17-12-20(34-2)25-21(13-17)36-16-37-25)24(26(32)33)19(30)5-6-22-28-8-11-35-22/h8,11-13,18-19,24H,3-7,9-10,14-16,27H2,1-2H3,(H,32,33). The van der Waals surface area contributed by atoms with Crippen LogP contribution in [0.25, 0.3) is 0 Å². The molecule has 0 radical (unpaired) electrons. The molecule has 2 aromatic rings. The highest BCUT2D eigenvalue weighted by molar-refractivity contribution is 5.79. The number of carboxylic acids is 1. The van der Waals surface area contributed by atoms with Gasteiger partial charge < -0.3 is 34.4 Å². The Labute approximate surface area is 216 Å². The van der Waals surface area contributed by atoms with E-state index in [0.29, 0.717) is 62.2 Å². The highest BCUT2D eigenvalue weighted by atomic mass is 16.7. The number of nitrogens with zero attached hydrogens (tertiary/aromatic N) is 3. The molecule has 3 heterocycles. The van der Waals surface area contributed by atoms with Crippen LogP contribution in [0, 0.1) is 5.92 Å². The number of carbonyl (C=O) groups excluding carboxylic acids is 1. The highest BCUT2D eigenvalue weighted by Gasteiger charge is 2.47. The SMILES string of the molecule is CCCCN(CCN)C(=O)CN1CC(c2cc(OC)c3c(c2)OCO3)C(C(=O)O)C1CCc1ncco1. The number of carbonyl (C=O) groups is 2. The Morgan fingerprint density at radius 3 is 2.81 bits per heavy atom. The summed E-state index contributed by atoms with van der Waals surface area (Å²) in [5, 5.41) is 10.4. The van der Waals surface area contributed by atoms with Gasteiger partial charge in [-0.3, -0.25) is 14.5 Å². The Kier molecular flexibility index (Phi) is 8.88. The molecular weight excluding hydrogens is 480 g/mol. The lowest BCUT2D eigenvalue weighted by atomic mass is 9.83. The van der Waals surface area contributed by atoms with Gasteiger partial charge in [0.15, 0.2) is 17.4 Å². The third-order valence-corrected chi connectivity index (χ3v) is 7.15. The van der Waals surface area contributed by atoms with Crippen molar-refractivity contribution < 1.29 is 33.3 Å². The van der Waals surface area contributed by atoms with Crippen LogP contribution in [0.3, 0.4) is 0 Å². The van der Waals surface area contributed by atoms with Crippen LogP contribution >= 0.6 is 0 Å². The number of aliphatic carboxylic acids is 1. The number of benzene rings is 1. The van der Waals surface area contributed by atoms with Crippen molar-refractivity contribution in [1.29, 1.82) is 0 Å². The van der Waals surface area contributed by atoms with Crippen molar-refractivity contribution in [1.82, 2.24) is 14.8 Å². The molecule has 11 heteroatoms. The van der Waals surface area contributed by atoms with E-state index in [2.05, 4.69) is 11.9 Å². The van der Waals surface area contributed by atoms with E-state index in [0.717, 1.165) is 18.4 Å². The van der Waals surface area contributed by atoms with E-state index in [-0.39, 0.29) is 25.2 Å². The maximum absolute atomic E-state index is 13.3. The molecule has 3 atom stereocenters. The summed E-state index contributed by atoms with van der Waals surface area (Å²) in [6, 6.07) is 3.23. The minimum absolute atomic E-state index is 0.0481. The van der Waals surface area contributed by atoms with Crippen LogP contribution in [0.15, 0.2) is 29.0 Å². The molecule has 3 N–H and O–H groups in total. The Morgan fingerprint density at radius 2 is 2.14 bits per heavy atom. The lowest BCUT2D eigenvalue weighted by Crippen LogP contribution is -2.45. The highest BCUT2D eigenvalue weighted by Crippen LogP contribution is 2.47. The van der Waals surface area contributed by atoms with Crippen LogP contribution in [0.2, 0.25) is 0 Å². The molecule has 1 fully saturated rings. The van der Waals surface area contributed by atoms with Gasteiger partial charge in [0.05, 0.1) is 25.8 Å². The molecule has 1 saturated heterocycles. The smallest absolute Gasteiger partial charge is 0.308 e. The number of methoxy groups -OCH3 is 1. The molecule has 0 bridgehead atoms. The van der Waals surface area contributed by atoms with Crippen molar-refractivity contribution in [3.8, 4) is 17.2 Å². The lowest BCUT2D eigenvalue weighted by Gasteiger charge is -2.29. The minimum Gasteiger partial charge on any atom is -0.493 e. The van der Waals surface area contributed by atoms with Gasteiger partial charge in [0.1, 0.15) is 6.26 Å². The molecular formula is C26H36N4O7. The fraction of sp³-hybridized carbons (Fsp3) is 0.577. The van der Waals surface area contributed by atoms with E-state index in [1.165, 1.54) is 13.4 Å². The maximum atomic E-state index is 13.3. The molecule has 11 nitrogen and oxygen atoms in total. The molecule has 2 aliphatic rings. The summed E-state index contributed by atoms with van der Waals surface area (Å²) in [6.07, 6.45) is 5.86. The first kappa shape index (κ1) is 26.7. The van der Waals surface area contributed by atoms with Gasteiger partial charge in [0.2, 0.25) is 18.4 Å². The molecule has 1 amide bonds. The maximum Gasteiger partial charge on any atom is 0.308 e. The topological polar surface area (TPSA) is 141 Å². The molecule has 4 rings (SSSR count). The van der Waals surface area contributed by atoms with E-state index < -0.39 is 17.9 Å². The normalized spacial score (nSPS) is 20.8. The number of likely N-dealkylation sites (tertiary alicyclic amines) is 1. The third-order valence-electron chi connectivity index (χ3n) is 7.15. The van der Waals surface area contributed by atoms with Gasteiger partial charge in [-0.1, -0.05) is 13.3 Å². The summed E-state index contributed by atoms with van der Waals surface area (Å²) in [7, 11) is 1.54. The summed E-state index contributed by atoms with van der Waals surface area (Å²) in [5.41, 5.74) is 6.54. The molecule has 0 saturated carbocycles. The first-order valence-corrected chi connectivity index (χ1v) is 12.8. The Balaban J connectivity index is 1.63. The summed E-state index contributed by atoms with van der Waals surface area (Å²) < 4.78 is 22.0. The van der Waals surface area contributed by atoms with Gasteiger partial charge in [-0.05, 0) is 30.5 Å². The van der Waals surface area contributed by atoms with Crippen molar-refractivity contribution in [3.63, 3.8) is 0 Å². The number of unbranched alkanes of at least 4 members (excludes halogenated alkanes) is 1. The van der Waals surface area contributed by atoms with Gasteiger partial charge in [-0.25, -0.2) is 4.98 Å². The van der Waals surface area contributed by atoms with Crippen LogP contribution in [0.5, 0.6) is 17.2 Å².